The van der Waals surface area contributed by atoms with Crippen molar-refractivity contribution in [1.82, 2.24) is 4.90 Å². The second kappa shape index (κ2) is 9.25. The molecule has 0 saturated carbocycles. The number of carbonyl (C=O) groups excluding carboxylic acids is 1. The Morgan fingerprint density at radius 3 is 2.33 bits per heavy atom. The molecule has 0 aromatic heterocycles. The van der Waals surface area contributed by atoms with Gasteiger partial charge in [-0.3, -0.25) is 4.79 Å². The summed E-state index contributed by atoms with van der Waals surface area (Å²) in [5.41, 5.74) is 3.88. The molecule has 0 heterocycles. The van der Waals surface area contributed by atoms with E-state index in [1.807, 2.05) is 0 Å². The highest BCUT2D eigenvalue weighted by molar-refractivity contribution is 5.77. The summed E-state index contributed by atoms with van der Waals surface area (Å²) in [4.78, 5) is 15.0. The van der Waals surface area contributed by atoms with Gasteiger partial charge in [0.1, 0.15) is 0 Å². The lowest BCUT2D eigenvalue weighted by molar-refractivity contribution is -0.136. The molecule has 2 heteroatoms. The topological polar surface area (TPSA) is 20.3 Å². The quantitative estimate of drug-likeness (QED) is 0.532. The van der Waals surface area contributed by atoms with Crippen LogP contribution in [0.2, 0.25) is 0 Å². The SMILES string of the molecule is CCCCCC(C)N(Cc1ccc(C)c(C)c1)C(=O)CC(C)(C)C. The first kappa shape index (κ1) is 20.7. The van der Waals surface area contributed by atoms with Crippen molar-refractivity contribution in [2.45, 2.75) is 93.2 Å². The number of rotatable bonds is 8. The van der Waals surface area contributed by atoms with Crippen molar-refractivity contribution < 1.29 is 4.79 Å². The van der Waals surface area contributed by atoms with Crippen LogP contribution in [0.3, 0.4) is 0 Å². The Labute approximate surface area is 149 Å². The molecule has 24 heavy (non-hydrogen) atoms. The van der Waals surface area contributed by atoms with Crippen molar-refractivity contribution in [3.8, 4) is 0 Å². The lowest BCUT2D eigenvalue weighted by atomic mass is 9.91. The van der Waals surface area contributed by atoms with Gasteiger partial charge in [-0.15, -0.1) is 0 Å². The first-order chi connectivity index (χ1) is 11.1. The molecule has 0 aliphatic heterocycles. The number of nitrogens with zero attached hydrogens (tertiary/aromatic N) is 1. The molecule has 0 spiro atoms. The maximum absolute atomic E-state index is 12.9. The van der Waals surface area contributed by atoms with Crippen LogP contribution >= 0.6 is 0 Å². The third-order valence-electron chi connectivity index (χ3n) is 4.68. The molecule has 1 atom stereocenters. The molecule has 1 unspecified atom stereocenters. The smallest absolute Gasteiger partial charge is 0.223 e. The molecular formula is C22H37NO. The molecule has 1 rings (SSSR count). The fourth-order valence-electron chi connectivity index (χ4n) is 2.99. The van der Waals surface area contributed by atoms with Crippen molar-refractivity contribution in [3.05, 3.63) is 34.9 Å². The van der Waals surface area contributed by atoms with E-state index in [2.05, 4.69) is 71.6 Å². The number of carbonyl (C=O) groups is 1. The second-order valence-electron chi connectivity index (χ2n) is 8.52. The van der Waals surface area contributed by atoms with Crippen LogP contribution in [0, 0.1) is 19.3 Å². The highest BCUT2D eigenvalue weighted by Gasteiger charge is 2.24. The molecule has 0 N–H and O–H groups in total. The predicted octanol–water partition coefficient (Wildman–Crippen LogP) is 6.04. The van der Waals surface area contributed by atoms with Crippen molar-refractivity contribution in [1.29, 1.82) is 0 Å². The van der Waals surface area contributed by atoms with Crippen molar-refractivity contribution in [2.75, 3.05) is 0 Å². The number of benzene rings is 1. The minimum absolute atomic E-state index is 0.0294. The van der Waals surface area contributed by atoms with Crippen LogP contribution in [-0.4, -0.2) is 16.8 Å². The Balaban J connectivity index is 2.90. The van der Waals surface area contributed by atoms with E-state index in [0.29, 0.717) is 12.5 Å². The number of amides is 1. The van der Waals surface area contributed by atoms with Gasteiger partial charge in [-0.25, -0.2) is 0 Å². The van der Waals surface area contributed by atoms with E-state index in [0.717, 1.165) is 13.0 Å². The van der Waals surface area contributed by atoms with Gasteiger partial charge in [0.2, 0.25) is 5.91 Å². The molecule has 0 bridgehead atoms. The first-order valence-electron chi connectivity index (χ1n) is 9.49. The summed E-state index contributed by atoms with van der Waals surface area (Å²) in [7, 11) is 0. The minimum atomic E-state index is 0.0294. The van der Waals surface area contributed by atoms with Gasteiger partial charge in [0.15, 0.2) is 0 Å². The Morgan fingerprint density at radius 2 is 1.79 bits per heavy atom. The van der Waals surface area contributed by atoms with E-state index < -0.39 is 0 Å². The molecular weight excluding hydrogens is 294 g/mol. The van der Waals surface area contributed by atoms with Gasteiger partial charge in [0.05, 0.1) is 0 Å². The molecule has 0 radical (unpaired) electrons. The summed E-state index contributed by atoms with van der Waals surface area (Å²) < 4.78 is 0. The average Bonchev–Trinajstić information content (AvgIpc) is 2.46. The van der Waals surface area contributed by atoms with Crippen LogP contribution in [0.1, 0.15) is 83.4 Å². The number of hydrogen-bond donors (Lipinski definition) is 0. The van der Waals surface area contributed by atoms with Crippen LogP contribution in [0.4, 0.5) is 0 Å². The summed E-state index contributed by atoms with van der Waals surface area (Å²) in [5.74, 6) is 0.282. The highest BCUT2D eigenvalue weighted by atomic mass is 16.2. The van der Waals surface area contributed by atoms with Crippen molar-refractivity contribution in [2.24, 2.45) is 5.41 Å². The maximum atomic E-state index is 12.9. The largest absolute Gasteiger partial charge is 0.336 e. The molecule has 136 valence electrons. The molecule has 1 aromatic carbocycles. The van der Waals surface area contributed by atoms with Gasteiger partial charge in [-0.05, 0) is 49.3 Å². The number of hydrogen-bond acceptors (Lipinski definition) is 1. The van der Waals surface area contributed by atoms with E-state index in [1.165, 1.54) is 36.0 Å². The Hall–Kier alpha value is -1.31. The van der Waals surface area contributed by atoms with Crippen LogP contribution in [0.5, 0.6) is 0 Å². The Kier molecular flexibility index (Phi) is 7.99. The lowest BCUT2D eigenvalue weighted by Gasteiger charge is -2.32. The van der Waals surface area contributed by atoms with E-state index in [-0.39, 0.29) is 11.3 Å². The van der Waals surface area contributed by atoms with E-state index in [1.54, 1.807) is 0 Å². The standard InChI is InChI=1S/C22H37NO/c1-8-9-10-11-19(4)23(21(24)15-22(5,6)7)16-20-13-12-17(2)18(3)14-20/h12-14,19H,8-11,15-16H2,1-7H3. The second-order valence-corrected chi connectivity index (χ2v) is 8.52. The van der Waals surface area contributed by atoms with Crippen molar-refractivity contribution in [3.63, 3.8) is 0 Å². The normalized spacial score (nSPS) is 13.0. The van der Waals surface area contributed by atoms with Gasteiger partial charge < -0.3 is 4.90 Å². The average molecular weight is 332 g/mol. The molecule has 0 aliphatic carbocycles. The molecule has 1 amide bonds. The molecule has 0 fully saturated rings. The molecule has 2 nitrogen and oxygen atoms in total. The lowest BCUT2D eigenvalue weighted by Crippen LogP contribution is -2.39. The third kappa shape index (κ3) is 7.07. The van der Waals surface area contributed by atoms with Crippen molar-refractivity contribution >= 4 is 5.91 Å². The summed E-state index contributed by atoms with van der Waals surface area (Å²) in [6, 6.07) is 6.86. The van der Waals surface area contributed by atoms with Gasteiger partial charge in [0, 0.05) is 19.0 Å². The van der Waals surface area contributed by atoms with Gasteiger partial charge >= 0.3 is 0 Å². The van der Waals surface area contributed by atoms with Crippen LogP contribution in [0.15, 0.2) is 18.2 Å². The minimum Gasteiger partial charge on any atom is -0.336 e. The highest BCUT2D eigenvalue weighted by Crippen LogP contribution is 2.23. The molecule has 1 aromatic rings. The summed E-state index contributed by atoms with van der Waals surface area (Å²) in [5, 5.41) is 0. The van der Waals surface area contributed by atoms with Gasteiger partial charge in [-0.2, -0.15) is 0 Å². The van der Waals surface area contributed by atoms with Crippen LogP contribution < -0.4 is 0 Å². The van der Waals surface area contributed by atoms with Crippen LogP contribution in [-0.2, 0) is 11.3 Å². The first-order valence-corrected chi connectivity index (χ1v) is 9.49. The van der Waals surface area contributed by atoms with Gasteiger partial charge in [0.25, 0.3) is 0 Å². The number of unbranched alkanes of at least 4 members (excludes halogenated alkanes) is 2. The Bertz CT molecular complexity index is 527. The monoisotopic (exact) mass is 331 g/mol. The fraction of sp³-hybridized carbons (Fsp3) is 0.682. The third-order valence-corrected chi connectivity index (χ3v) is 4.68. The van der Waals surface area contributed by atoms with E-state index in [9.17, 15) is 4.79 Å². The van der Waals surface area contributed by atoms with Crippen LogP contribution in [0.25, 0.3) is 0 Å². The summed E-state index contributed by atoms with van der Waals surface area (Å²) in [6.45, 7) is 15.9. The predicted molar refractivity (Wildman–Crippen MR) is 104 cm³/mol. The molecule has 0 saturated heterocycles. The van der Waals surface area contributed by atoms with E-state index >= 15 is 0 Å². The summed E-state index contributed by atoms with van der Waals surface area (Å²) in [6.07, 6.45) is 5.36. The zero-order chi connectivity index (χ0) is 18.3. The number of aryl methyl sites for hydroxylation is 2. The fourth-order valence-corrected chi connectivity index (χ4v) is 2.99. The Morgan fingerprint density at radius 1 is 1.12 bits per heavy atom. The zero-order valence-electron chi connectivity index (χ0n) is 16.9. The zero-order valence-corrected chi connectivity index (χ0v) is 16.9. The maximum Gasteiger partial charge on any atom is 0.223 e. The van der Waals surface area contributed by atoms with Gasteiger partial charge in [-0.1, -0.05) is 65.2 Å². The summed E-state index contributed by atoms with van der Waals surface area (Å²) >= 11 is 0. The van der Waals surface area contributed by atoms with E-state index in [4.69, 9.17) is 0 Å². The molecule has 0 aliphatic rings.